The summed E-state index contributed by atoms with van der Waals surface area (Å²) in [4.78, 5) is 27.8. The Morgan fingerprint density at radius 3 is 2.24 bits per heavy atom. The van der Waals surface area contributed by atoms with Crippen molar-refractivity contribution in [3.05, 3.63) is 53.6 Å². The number of nitrogens with zero attached hydrogens (tertiary/aromatic N) is 1. The monoisotopic (exact) mass is 456 g/mol. The number of amides is 2. The van der Waals surface area contributed by atoms with E-state index in [4.69, 9.17) is 14.2 Å². The maximum absolute atomic E-state index is 13.3. The van der Waals surface area contributed by atoms with Gasteiger partial charge in [0.2, 0.25) is 11.8 Å². The standard InChI is InChI=1S/C26H36N2O5/c1-18(25(30)27-26(2,3)4)28(17-20-9-8-10-21(15-20)31-5)24(29)14-12-19-11-13-22(32-6)23(16-19)33-7/h8-11,13,15-16,18H,12,14,17H2,1-7H3,(H,27,30)/t18-/m1/s1. The van der Waals surface area contributed by atoms with Gasteiger partial charge in [0.25, 0.3) is 0 Å². The molecule has 0 saturated heterocycles. The Morgan fingerprint density at radius 2 is 1.64 bits per heavy atom. The largest absolute Gasteiger partial charge is 0.497 e. The maximum atomic E-state index is 13.3. The number of rotatable bonds is 10. The van der Waals surface area contributed by atoms with Crippen LogP contribution in [-0.4, -0.2) is 49.6 Å². The molecule has 0 aliphatic carbocycles. The molecule has 2 aromatic rings. The summed E-state index contributed by atoms with van der Waals surface area (Å²) < 4.78 is 16.0. The molecule has 2 aromatic carbocycles. The van der Waals surface area contributed by atoms with Crippen LogP contribution in [0.5, 0.6) is 17.2 Å². The molecule has 2 amide bonds. The first kappa shape index (κ1) is 26.0. The third-order valence-corrected chi connectivity index (χ3v) is 5.23. The van der Waals surface area contributed by atoms with E-state index in [-0.39, 0.29) is 18.2 Å². The van der Waals surface area contributed by atoms with E-state index in [2.05, 4.69) is 5.32 Å². The topological polar surface area (TPSA) is 77.1 Å². The van der Waals surface area contributed by atoms with E-state index in [1.807, 2.05) is 63.2 Å². The Bertz CT molecular complexity index is 952. The fourth-order valence-electron chi connectivity index (χ4n) is 3.46. The minimum Gasteiger partial charge on any atom is -0.497 e. The summed E-state index contributed by atoms with van der Waals surface area (Å²) in [5, 5.41) is 2.98. The third kappa shape index (κ3) is 7.70. The summed E-state index contributed by atoms with van der Waals surface area (Å²) in [6.45, 7) is 7.82. The SMILES string of the molecule is COc1cccc(CN(C(=O)CCc2ccc(OC)c(OC)c2)[C@H](C)C(=O)NC(C)(C)C)c1. The van der Waals surface area contributed by atoms with Gasteiger partial charge in [-0.25, -0.2) is 0 Å². The molecular weight excluding hydrogens is 420 g/mol. The van der Waals surface area contributed by atoms with Gasteiger partial charge < -0.3 is 24.4 Å². The zero-order valence-corrected chi connectivity index (χ0v) is 20.7. The van der Waals surface area contributed by atoms with Crippen LogP contribution in [0.2, 0.25) is 0 Å². The lowest BCUT2D eigenvalue weighted by Crippen LogP contribution is -2.52. The molecule has 7 nitrogen and oxygen atoms in total. The summed E-state index contributed by atoms with van der Waals surface area (Å²) in [5.74, 6) is 1.67. The highest BCUT2D eigenvalue weighted by Gasteiger charge is 2.28. The molecule has 0 unspecified atom stereocenters. The first-order valence-electron chi connectivity index (χ1n) is 11.0. The molecule has 0 radical (unpaired) electrons. The molecule has 0 fully saturated rings. The van der Waals surface area contributed by atoms with Gasteiger partial charge in [0, 0.05) is 18.5 Å². The lowest BCUT2D eigenvalue weighted by atomic mass is 10.1. The normalized spacial score (nSPS) is 12.0. The molecule has 1 atom stereocenters. The Labute approximate surface area is 197 Å². The van der Waals surface area contributed by atoms with E-state index in [0.29, 0.717) is 30.2 Å². The number of carbonyl (C=O) groups is 2. The number of ether oxygens (including phenoxy) is 3. The zero-order valence-electron chi connectivity index (χ0n) is 20.7. The molecule has 1 N–H and O–H groups in total. The summed E-state index contributed by atoms with van der Waals surface area (Å²) in [6.07, 6.45) is 0.772. The van der Waals surface area contributed by atoms with Crippen molar-refractivity contribution < 1.29 is 23.8 Å². The van der Waals surface area contributed by atoms with E-state index in [0.717, 1.165) is 11.1 Å². The number of methoxy groups -OCH3 is 3. The number of hydrogen-bond acceptors (Lipinski definition) is 5. The van der Waals surface area contributed by atoms with Crippen LogP contribution in [0.3, 0.4) is 0 Å². The fraction of sp³-hybridized carbons (Fsp3) is 0.462. The lowest BCUT2D eigenvalue weighted by molar-refractivity contribution is -0.141. The molecule has 0 aliphatic rings. The average Bonchev–Trinajstić information content (AvgIpc) is 2.79. The van der Waals surface area contributed by atoms with Gasteiger partial charge >= 0.3 is 0 Å². The minimum atomic E-state index is -0.631. The van der Waals surface area contributed by atoms with Gasteiger partial charge in [-0.3, -0.25) is 9.59 Å². The van der Waals surface area contributed by atoms with Crippen molar-refractivity contribution in [3.63, 3.8) is 0 Å². The number of aryl methyl sites for hydroxylation is 1. The Kier molecular flexibility index (Phi) is 9.14. The molecule has 7 heteroatoms. The molecule has 180 valence electrons. The van der Waals surface area contributed by atoms with Crippen LogP contribution in [0, 0.1) is 0 Å². The van der Waals surface area contributed by atoms with Gasteiger partial charge in [-0.05, 0) is 69.5 Å². The molecule has 0 heterocycles. The van der Waals surface area contributed by atoms with Crippen molar-refractivity contribution in [1.29, 1.82) is 0 Å². The van der Waals surface area contributed by atoms with Crippen molar-refractivity contribution >= 4 is 11.8 Å². The van der Waals surface area contributed by atoms with Crippen molar-refractivity contribution in [2.24, 2.45) is 0 Å². The quantitative estimate of drug-likeness (QED) is 0.585. The average molecular weight is 457 g/mol. The maximum Gasteiger partial charge on any atom is 0.242 e. The van der Waals surface area contributed by atoms with Gasteiger partial charge in [-0.2, -0.15) is 0 Å². The number of hydrogen-bond donors (Lipinski definition) is 1. The van der Waals surface area contributed by atoms with Crippen LogP contribution in [0.15, 0.2) is 42.5 Å². The molecule has 0 saturated carbocycles. The van der Waals surface area contributed by atoms with Crippen molar-refractivity contribution in [2.75, 3.05) is 21.3 Å². The zero-order chi connectivity index (χ0) is 24.6. The Morgan fingerprint density at radius 1 is 0.939 bits per heavy atom. The van der Waals surface area contributed by atoms with Gasteiger partial charge in [-0.15, -0.1) is 0 Å². The summed E-state index contributed by atoms with van der Waals surface area (Å²) in [6, 6.07) is 12.5. The van der Waals surface area contributed by atoms with Crippen LogP contribution in [0.4, 0.5) is 0 Å². The molecule has 0 spiro atoms. The highest BCUT2D eigenvalue weighted by atomic mass is 16.5. The highest BCUT2D eigenvalue weighted by Crippen LogP contribution is 2.28. The molecule has 0 aromatic heterocycles. The summed E-state index contributed by atoms with van der Waals surface area (Å²) in [5.41, 5.74) is 1.45. The highest BCUT2D eigenvalue weighted by molar-refractivity contribution is 5.87. The van der Waals surface area contributed by atoms with Crippen LogP contribution < -0.4 is 19.5 Å². The Hall–Kier alpha value is -3.22. The third-order valence-electron chi connectivity index (χ3n) is 5.23. The van der Waals surface area contributed by atoms with Gasteiger partial charge in [0.1, 0.15) is 11.8 Å². The van der Waals surface area contributed by atoms with E-state index < -0.39 is 11.6 Å². The van der Waals surface area contributed by atoms with Crippen molar-refractivity contribution in [3.8, 4) is 17.2 Å². The first-order chi connectivity index (χ1) is 15.6. The van der Waals surface area contributed by atoms with Crippen LogP contribution in [0.25, 0.3) is 0 Å². The fourth-order valence-corrected chi connectivity index (χ4v) is 3.46. The predicted molar refractivity (Wildman–Crippen MR) is 129 cm³/mol. The number of nitrogens with one attached hydrogen (secondary N) is 1. The summed E-state index contributed by atoms with van der Waals surface area (Å²) >= 11 is 0. The molecule has 0 bridgehead atoms. The van der Waals surface area contributed by atoms with Crippen LogP contribution in [0.1, 0.15) is 45.2 Å². The second-order valence-corrected chi connectivity index (χ2v) is 8.98. The Balaban J connectivity index is 2.22. The number of benzene rings is 2. The predicted octanol–water partition coefficient (Wildman–Crippen LogP) is 3.98. The van der Waals surface area contributed by atoms with Gasteiger partial charge in [0.15, 0.2) is 11.5 Å². The molecular formula is C26H36N2O5. The minimum absolute atomic E-state index is 0.107. The van der Waals surface area contributed by atoms with Gasteiger partial charge in [-0.1, -0.05) is 18.2 Å². The molecule has 0 aliphatic heterocycles. The van der Waals surface area contributed by atoms with E-state index in [9.17, 15) is 9.59 Å². The van der Waals surface area contributed by atoms with E-state index in [1.54, 1.807) is 33.2 Å². The van der Waals surface area contributed by atoms with E-state index in [1.165, 1.54) is 0 Å². The molecule has 33 heavy (non-hydrogen) atoms. The number of carbonyl (C=O) groups excluding carboxylic acids is 2. The van der Waals surface area contributed by atoms with Gasteiger partial charge in [0.05, 0.1) is 21.3 Å². The van der Waals surface area contributed by atoms with Crippen molar-refractivity contribution in [2.45, 2.75) is 58.7 Å². The van der Waals surface area contributed by atoms with Crippen LogP contribution in [-0.2, 0) is 22.6 Å². The smallest absolute Gasteiger partial charge is 0.242 e. The second-order valence-electron chi connectivity index (χ2n) is 8.98. The lowest BCUT2D eigenvalue weighted by Gasteiger charge is -2.31. The van der Waals surface area contributed by atoms with Crippen molar-refractivity contribution in [1.82, 2.24) is 10.2 Å². The second kappa shape index (κ2) is 11.6. The first-order valence-corrected chi connectivity index (χ1v) is 11.0. The van der Waals surface area contributed by atoms with Crippen LogP contribution >= 0.6 is 0 Å². The van der Waals surface area contributed by atoms with E-state index >= 15 is 0 Å². The summed E-state index contributed by atoms with van der Waals surface area (Å²) in [7, 11) is 4.77. The molecule has 2 rings (SSSR count).